The van der Waals surface area contributed by atoms with Gasteiger partial charge in [0.2, 0.25) is 0 Å². The number of carbonyl (C=O) groups excluding carboxylic acids is 2. The van der Waals surface area contributed by atoms with Gasteiger partial charge in [0.1, 0.15) is 11.7 Å². The number of ether oxygens (including phenoxy) is 1. The lowest BCUT2D eigenvalue weighted by molar-refractivity contribution is -0.148. The summed E-state index contributed by atoms with van der Waals surface area (Å²) in [6.07, 6.45) is 0. The number of ketones is 1. The Morgan fingerprint density at radius 1 is 1.36 bits per heavy atom. The standard InChI is InChI=1S/C6H10O3.I2/c1-4(5(2)7)6(8)9-3;1-2/h4H,1-3H3;. The molecule has 0 fully saturated rings. The Morgan fingerprint density at radius 2 is 1.73 bits per heavy atom. The summed E-state index contributed by atoms with van der Waals surface area (Å²) in [5.74, 6) is -1.25. The van der Waals surface area contributed by atoms with Crippen LogP contribution < -0.4 is 0 Å². The summed E-state index contributed by atoms with van der Waals surface area (Å²) < 4.78 is 4.31. The molecule has 1 unspecified atom stereocenters. The molecule has 0 N–H and O–H groups in total. The first-order valence-electron chi connectivity index (χ1n) is 2.82. The van der Waals surface area contributed by atoms with Gasteiger partial charge in [-0.15, -0.1) is 0 Å². The first-order chi connectivity index (χ1) is 5.09. The Balaban J connectivity index is 0. The van der Waals surface area contributed by atoms with Gasteiger partial charge in [-0.05, 0) is 13.8 Å². The van der Waals surface area contributed by atoms with Crippen LogP contribution in [0, 0.1) is 5.92 Å². The maximum absolute atomic E-state index is 10.5. The third-order valence-corrected chi connectivity index (χ3v) is 1.16. The van der Waals surface area contributed by atoms with Crippen molar-refractivity contribution in [2.24, 2.45) is 5.92 Å². The topological polar surface area (TPSA) is 43.4 Å². The summed E-state index contributed by atoms with van der Waals surface area (Å²) in [5.41, 5.74) is 0. The highest BCUT2D eigenvalue weighted by Gasteiger charge is 2.16. The fourth-order valence-electron chi connectivity index (χ4n) is 0.343. The van der Waals surface area contributed by atoms with Gasteiger partial charge >= 0.3 is 5.97 Å². The first-order valence-corrected chi connectivity index (χ1v) is 9.10. The van der Waals surface area contributed by atoms with E-state index in [1.165, 1.54) is 21.0 Å². The number of carbonyl (C=O) groups is 2. The Morgan fingerprint density at radius 3 is 1.82 bits per heavy atom. The van der Waals surface area contributed by atoms with Gasteiger partial charge in [-0.25, -0.2) is 0 Å². The van der Waals surface area contributed by atoms with Crippen molar-refractivity contribution in [2.75, 3.05) is 7.11 Å². The van der Waals surface area contributed by atoms with Gasteiger partial charge in [-0.1, -0.05) is 0 Å². The molecular weight excluding hydrogens is 374 g/mol. The van der Waals surface area contributed by atoms with Crippen molar-refractivity contribution in [1.29, 1.82) is 0 Å². The van der Waals surface area contributed by atoms with E-state index in [2.05, 4.69) is 42.0 Å². The van der Waals surface area contributed by atoms with E-state index in [1.54, 1.807) is 0 Å². The fraction of sp³-hybridized carbons (Fsp3) is 0.667. The molecule has 11 heavy (non-hydrogen) atoms. The molecule has 0 aliphatic heterocycles. The number of esters is 1. The summed E-state index contributed by atoms with van der Waals surface area (Å²) in [6, 6.07) is 0. The molecule has 3 nitrogen and oxygen atoms in total. The number of hydrogen-bond acceptors (Lipinski definition) is 3. The van der Waals surface area contributed by atoms with Crippen molar-refractivity contribution in [1.82, 2.24) is 0 Å². The normalized spacial score (nSPS) is 10.6. The molecule has 0 aliphatic carbocycles. The van der Waals surface area contributed by atoms with Crippen molar-refractivity contribution in [3.8, 4) is 0 Å². The van der Waals surface area contributed by atoms with Crippen LogP contribution in [0.1, 0.15) is 13.8 Å². The molecule has 0 bridgehead atoms. The lowest BCUT2D eigenvalue weighted by Gasteiger charge is -2.02. The molecule has 0 aromatic rings. The molecule has 0 saturated carbocycles. The lowest BCUT2D eigenvalue weighted by atomic mass is 10.1. The summed E-state index contributed by atoms with van der Waals surface area (Å²) >= 11 is 4.24. The van der Waals surface area contributed by atoms with Crippen LogP contribution in [0.4, 0.5) is 0 Å². The number of rotatable bonds is 2. The second-order valence-corrected chi connectivity index (χ2v) is 1.86. The van der Waals surface area contributed by atoms with Crippen molar-refractivity contribution < 1.29 is 14.3 Å². The van der Waals surface area contributed by atoms with E-state index in [0.29, 0.717) is 0 Å². The van der Waals surface area contributed by atoms with Gasteiger partial charge in [-0.3, -0.25) is 9.59 Å². The maximum Gasteiger partial charge on any atom is 0.315 e. The Labute approximate surface area is 89.6 Å². The van der Waals surface area contributed by atoms with Gasteiger partial charge < -0.3 is 4.74 Å². The number of halogens is 2. The van der Waals surface area contributed by atoms with Crippen LogP contribution >= 0.6 is 37.2 Å². The van der Waals surface area contributed by atoms with E-state index in [4.69, 9.17) is 0 Å². The zero-order valence-electron chi connectivity index (χ0n) is 6.56. The smallest absolute Gasteiger partial charge is 0.315 e. The van der Waals surface area contributed by atoms with Gasteiger partial charge in [0.15, 0.2) is 0 Å². The quantitative estimate of drug-likeness (QED) is 0.417. The summed E-state index contributed by atoms with van der Waals surface area (Å²) in [7, 11) is 1.27. The van der Waals surface area contributed by atoms with Gasteiger partial charge in [0, 0.05) is 37.2 Å². The minimum atomic E-state index is -0.616. The second-order valence-electron chi connectivity index (χ2n) is 1.86. The Kier molecular flexibility index (Phi) is 11.2. The highest BCUT2D eigenvalue weighted by atomic mass is 128. The molecule has 0 heterocycles. The molecule has 0 saturated heterocycles. The predicted octanol–water partition coefficient (Wildman–Crippen LogP) is 2.16. The van der Waals surface area contributed by atoms with E-state index < -0.39 is 11.9 Å². The molecule has 0 aliphatic rings. The van der Waals surface area contributed by atoms with Crippen LogP contribution in [0.5, 0.6) is 0 Å². The van der Waals surface area contributed by atoms with E-state index in [0.717, 1.165) is 0 Å². The predicted molar refractivity (Wildman–Crippen MR) is 59.9 cm³/mol. The minimum Gasteiger partial charge on any atom is -0.468 e. The molecule has 0 amide bonds. The molecular formula is C6H10I2O3. The Bertz CT molecular complexity index is 136. The minimum absolute atomic E-state index is 0.165. The molecule has 0 radical (unpaired) electrons. The van der Waals surface area contributed by atoms with Gasteiger partial charge in [0.25, 0.3) is 0 Å². The molecule has 66 valence electrons. The average molecular weight is 384 g/mol. The van der Waals surface area contributed by atoms with E-state index in [-0.39, 0.29) is 5.78 Å². The highest BCUT2D eigenvalue weighted by molar-refractivity contribution is 15.0. The Hall–Kier alpha value is 0.600. The summed E-state index contributed by atoms with van der Waals surface area (Å²) in [6.45, 7) is 2.88. The zero-order valence-corrected chi connectivity index (χ0v) is 10.9. The van der Waals surface area contributed by atoms with Crippen molar-refractivity contribution in [3.05, 3.63) is 0 Å². The van der Waals surface area contributed by atoms with Crippen molar-refractivity contribution in [3.63, 3.8) is 0 Å². The van der Waals surface area contributed by atoms with Gasteiger partial charge in [0.05, 0.1) is 7.11 Å². The van der Waals surface area contributed by atoms with Crippen LogP contribution in [0.15, 0.2) is 0 Å². The number of hydrogen-bond donors (Lipinski definition) is 0. The SMILES string of the molecule is COC(=O)C(C)C(C)=O.II. The zero-order chi connectivity index (χ0) is 9.44. The van der Waals surface area contributed by atoms with E-state index in [9.17, 15) is 9.59 Å². The molecule has 0 aromatic heterocycles. The molecule has 0 aromatic carbocycles. The van der Waals surface area contributed by atoms with Crippen LogP contribution in [-0.2, 0) is 14.3 Å². The van der Waals surface area contributed by atoms with Crippen molar-refractivity contribution in [2.45, 2.75) is 13.8 Å². The average Bonchev–Trinajstić information content (AvgIpc) is 2.05. The second kappa shape index (κ2) is 8.69. The summed E-state index contributed by atoms with van der Waals surface area (Å²) in [4.78, 5) is 21.0. The molecule has 0 rings (SSSR count). The maximum atomic E-state index is 10.5. The first kappa shape index (κ1) is 14.1. The lowest BCUT2D eigenvalue weighted by Crippen LogP contribution is -2.19. The van der Waals surface area contributed by atoms with E-state index >= 15 is 0 Å². The van der Waals surface area contributed by atoms with Crippen LogP contribution in [0.3, 0.4) is 0 Å². The van der Waals surface area contributed by atoms with Crippen LogP contribution in [0.25, 0.3) is 0 Å². The highest BCUT2D eigenvalue weighted by Crippen LogP contribution is 1.97. The monoisotopic (exact) mass is 384 g/mol. The fourth-order valence-corrected chi connectivity index (χ4v) is 0.343. The van der Waals surface area contributed by atoms with E-state index in [1.807, 2.05) is 0 Å². The number of Topliss-reactive ketones (excluding diaryl/α,β-unsaturated/α-hetero) is 1. The van der Waals surface area contributed by atoms with Crippen LogP contribution in [-0.4, -0.2) is 18.9 Å². The largest absolute Gasteiger partial charge is 0.468 e. The van der Waals surface area contributed by atoms with Crippen molar-refractivity contribution >= 4 is 49.0 Å². The third kappa shape index (κ3) is 6.98. The molecule has 1 atom stereocenters. The molecule has 0 spiro atoms. The summed E-state index contributed by atoms with van der Waals surface area (Å²) in [5, 5.41) is 0. The third-order valence-electron chi connectivity index (χ3n) is 1.16. The number of methoxy groups -OCH3 is 1. The van der Waals surface area contributed by atoms with Crippen LogP contribution in [0.2, 0.25) is 0 Å². The van der Waals surface area contributed by atoms with Gasteiger partial charge in [-0.2, -0.15) is 0 Å². The molecule has 5 heteroatoms.